The first kappa shape index (κ1) is 19.7. The lowest BCUT2D eigenvalue weighted by Gasteiger charge is -2.40. The van der Waals surface area contributed by atoms with Gasteiger partial charge >= 0.3 is 6.03 Å². The van der Waals surface area contributed by atoms with Gasteiger partial charge in [0.2, 0.25) is 0 Å². The molecule has 1 aromatic carbocycles. The molecule has 1 N–H and O–H groups in total. The molecule has 29 heavy (non-hydrogen) atoms. The van der Waals surface area contributed by atoms with Gasteiger partial charge in [0, 0.05) is 26.7 Å². The normalized spacial score (nSPS) is 25.3. The van der Waals surface area contributed by atoms with E-state index in [9.17, 15) is 9.59 Å². The number of hydrogen-bond acceptors (Lipinski definition) is 5. The molecule has 1 aromatic rings. The van der Waals surface area contributed by atoms with E-state index in [1.165, 1.54) is 29.7 Å². The molecule has 0 radical (unpaired) electrons. The van der Waals surface area contributed by atoms with Gasteiger partial charge in [-0.25, -0.2) is 9.79 Å². The Morgan fingerprint density at radius 1 is 1.07 bits per heavy atom. The highest BCUT2D eigenvalue weighted by atomic mass is 16.2. The van der Waals surface area contributed by atoms with Gasteiger partial charge in [0.15, 0.2) is 18.2 Å². The van der Waals surface area contributed by atoms with E-state index in [2.05, 4.69) is 34.5 Å². The standard InChI is InChI=1S/C22H31N5O2/c1-25-19-18(20(28)26(2)22(25)29)27(15-9-12-16-10-5-3-6-11-16)21(24-19)23-17-13-7-4-8-14-17/h3,5-6,10-11,17-19H,4,7-9,12-15H2,1-2H3,(H,23,24). The largest absolute Gasteiger partial charge is 0.353 e. The van der Waals surface area contributed by atoms with Crippen LogP contribution in [-0.4, -0.2) is 71.5 Å². The number of aliphatic imine (C=N–C) groups is 1. The molecule has 3 aliphatic rings. The van der Waals surface area contributed by atoms with Gasteiger partial charge < -0.3 is 15.1 Å². The fourth-order valence-corrected chi connectivity index (χ4v) is 4.66. The maximum Gasteiger partial charge on any atom is 0.328 e. The van der Waals surface area contributed by atoms with Gasteiger partial charge in [0.25, 0.3) is 5.91 Å². The summed E-state index contributed by atoms with van der Waals surface area (Å²) >= 11 is 0. The van der Waals surface area contributed by atoms with Gasteiger partial charge in [-0.3, -0.25) is 9.69 Å². The van der Waals surface area contributed by atoms with Crippen LogP contribution in [0.4, 0.5) is 4.79 Å². The summed E-state index contributed by atoms with van der Waals surface area (Å²) in [6.45, 7) is 0.732. The molecule has 2 heterocycles. The van der Waals surface area contributed by atoms with Crippen LogP contribution in [0.3, 0.4) is 0 Å². The lowest BCUT2D eigenvalue weighted by molar-refractivity contribution is -0.136. The van der Waals surface area contributed by atoms with Crippen molar-refractivity contribution in [1.82, 2.24) is 20.0 Å². The van der Waals surface area contributed by atoms with Gasteiger partial charge in [-0.15, -0.1) is 0 Å². The Morgan fingerprint density at radius 3 is 2.52 bits per heavy atom. The number of carbonyl (C=O) groups excluding carboxylic acids is 2. The highest BCUT2D eigenvalue weighted by Gasteiger charge is 2.51. The highest BCUT2D eigenvalue weighted by Crippen LogP contribution is 2.28. The van der Waals surface area contributed by atoms with E-state index in [1.807, 2.05) is 6.07 Å². The number of amides is 3. The molecule has 1 saturated heterocycles. The van der Waals surface area contributed by atoms with Crippen LogP contribution in [0, 0.1) is 0 Å². The molecular formula is C22H31N5O2. The molecule has 1 aliphatic carbocycles. The Bertz CT molecular complexity index is 775. The first-order valence-electron chi connectivity index (χ1n) is 10.8. The summed E-state index contributed by atoms with van der Waals surface area (Å²) in [6, 6.07) is 10.1. The van der Waals surface area contributed by atoms with Crippen LogP contribution in [-0.2, 0) is 11.2 Å². The summed E-state index contributed by atoms with van der Waals surface area (Å²) in [7, 11) is 3.30. The average molecular weight is 398 g/mol. The summed E-state index contributed by atoms with van der Waals surface area (Å²) in [5, 5.41) is 3.61. The Kier molecular flexibility index (Phi) is 5.74. The van der Waals surface area contributed by atoms with Gasteiger partial charge in [0.05, 0.1) is 0 Å². The second-order valence-electron chi connectivity index (χ2n) is 8.36. The van der Waals surface area contributed by atoms with Crippen LogP contribution in [0.2, 0.25) is 0 Å². The summed E-state index contributed by atoms with van der Waals surface area (Å²) in [6.07, 6.45) is 7.44. The molecule has 2 atom stereocenters. The molecule has 0 spiro atoms. The number of nitrogens with zero attached hydrogens (tertiary/aromatic N) is 4. The summed E-state index contributed by atoms with van der Waals surface area (Å²) < 4.78 is 0. The molecule has 4 rings (SSSR count). The number of hydrogen-bond donors (Lipinski definition) is 1. The van der Waals surface area contributed by atoms with Crippen molar-refractivity contribution in [2.45, 2.75) is 63.2 Å². The van der Waals surface area contributed by atoms with E-state index >= 15 is 0 Å². The van der Waals surface area contributed by atoms with Gasteiger partial charge in [-0.1, -0.05) is 49.6 Å². The number of rotatable bonds is 5. The van der Waals surface area contributed by atoms with E-state index < -0.39 is 12.2 Å². The monoisotopic (exact) mass is 397 g/mol. The molecule has 0 bridgehead atoms. The molecule has 0 aromatic heterocycles. The maximum absolute atomic E-state index is 13.0. The topological polar surface area (TPSA) is 68.2 Å². The van der Waals surface area contributed by atoms with Crippen molar-refractivity contribution >= 4 is 17.9 Å². The third-order valence-corrected chi connectivity index (χ3v) is 6.36. The molecule has 2 unspecified atom stereocenters. The summed E-state index contributed by atoms with van der Waals surface area (Å²) in [5.41, 5.74) is 1.29. The van der Waals surface area contributed by atoms with Crippen LogP contribution in [0.25, 0.3) is 0 Å². The molecular weight excluding hydrogens is 366 g/mol. The minimum absolute atomic E-state index is 0.165. The van der Waals surface area contributed by atoms with Crippen molar-refractivity contribution in [1.29, 1.82) is 0 Å². The molecule has 7 nitrogen and oxygen atoms in total. The molecule has 7 heteroatoms. The highest BCUT2D eigenvalue weighted by molar-refractivity contribution is 6.03. The van der Waals surface area contributed by atoms with Crippen molar-refractivity contribution in [2.75, 3.05) is 20.6 Å². The van der Waals surface area contributed by atoms with E-state index in [4.69, 9.17) is 4.99 Å². The van der Waals surface area contributed by atoms with Crippen LogP contribution in [0.5, 0.6) is 0 Å². The zero-order chi connectivity index (χ0) is 20.4. The Hall–Kier alpha value is -2.57. The lowest BCUT2D eigenvalue weighted by Crippen LogP contribution is -2.64. The van der Waals surface area contributed by atoms with E-state index in [1.54, 1.807) is 19.0 Å². The van der Waals surface area contributed by atoms with Crippen molar-refractivity contribution in [3.63, 3.8) is 0 Å². The smallest absolute Gasteiger partial charge is 0.328 e. The van der Waals surface area contributed by atoms with Crippen molar-refractivity contribution in [3.05, 3.63) is 35.9 Å². The minimum Gasteiger partial charge on any atom is -0.353 e. The van der Waals surface area contributed by atoms with E-state index in [0.717, 1.165) is 38.2 Å². The average Bonchev–Trinajstić information content (AvgIpc) is 3.10. The molecule has 1 saturated carbocycles. The second-order valence-corrected chi connectivity index (χ2v) is 8.36. The van der Waals surface area contributed by atoms with Crippen LogP contribution in [0.15, 0.2) is 35.3 Å². The van der Waals surface area contributed by atoms with Crippen LogP contribution in [0.1, 0.15) is 44.1 Å². The molecule has 3 amide bonds. The molecule has 2 fully saturated rings. The predicted molar refractivity (Wildman–Crippen MR) is 112 cm³/mol. The number of nitrogens with one attached hydrogen (secondary N) is 1. The fourth-order valence-electron chi connectivity index (χ4n) is 4.66. The Labute approximate surface area is 172 Å². The van der Waals surface area contributed by atoms with E-state index in [0.29, 0.717) is 6.04 Å². The molecule has 156 valence electrons. The van der Waals surface area contributed by atoms with Crippen molar-refractivity contribution in [3.8, 4) is 0 Å². The lowest BCUT2D eigenvalue weighted by atomic mass is 9.96. The number of imide groups is 1. The second kappa shape index (κ2) is 8.43. The molecule has 2 aliphatic heterocycles. The summed E-state index contributed by atoms with van der Waals surface area (Å²) in [5.74, 6) is 0.616. The van der Waals surface area contributed by atoms with Crippen LogP contribution >= 0.6 is 0 Å². The SMILES string of the molecule is CN1C(=O)C2C(N=C(NC3CCCCC3)N2CCCc2ccccc2)N(C)C1=O. The Morgan fingerprint density at radius 2 is 1.79 bits per heavy atom. The van der Waals surface area contributed by atoms with Crippen molar-refractivity contribution < 1.29 is 9.59 Å². The number of guanidine groups is 1. The number of fused-ring (bicyclic) bond motifs is 1. The van der Waals surface area contributed by atoms with Crippen molar-refractivity contribution in [2.24, 2.45) is 4.99 Å². The third-order valence-electron chi connectivity index (χ3n) is 6.36. The number of aryl methyl sites for hydroxylation is 1. The zero-order valence-corrected chi connectivity index (χ0v) is 17.4. The fraction of sp³-hybridized carbons (Fsp3) is 0.591. The van der Waals surface area contributed by atoms with Gasteiger partial charge in [-0.05, 0) is 31.2 Å². The van der Waals surface area contributed by atoms with Gasteiger partial charge in [0.1, 0.15) is 0 Å². The van der Waals surface area contributed by atoms with Crippen LogP contribution < -0.4 is 5.32 Å². The zero-order valence-electron chi connectivity index (χ0n) is 17.4. The van der Waals surface area contributed by atoms with Gasteiger partial charge in [-0.2, -0.15) is 0 Å². The Balaban J connectivity index is 1.51. The van der Waals surface area contributed by atoms with E-state index in [-0.39, 0.29) is 11.9 Å². The first-order valence-corrected chi connectivity index (χ1v) is 10.8. The first-order chi connectivity index (χ1) is 14.1. The minimum atomic E-state index is -0.450. The number of urea groups is 1. The third kappa shape index (κ3) is 3.95. The number of carbonyl (C=O) groups is 2. The number of benzene rings is 1. The number of likely N-dealkylation sites (N-methyl/N-ethyl adjacent to an activating group) is 2. The quantitative estimate of drug-likeness (QED) is 0.829. The summed E-state index contributed by atoms with van der Waals surface area (Å²) in [4.78, 5) is 35.1. The predicted octanol–water partition coefficient (Wildman–Crippen LogP) is 2.43. The maximum atomic E-state index is 13.0.